The molecule has 118 valence electrons. The summed E-state index contributed by atoms with van der Waals surface area (Å²) in [6.07, 6.45) is 1.53. The minimum Gasteiger partial charge on any atom is -0.477 e. The highest BCUT2D eigenvalue weighted by atomic mass is 35.5. The molecule has 2 aromatic carbocycles. The summed E-state index contributed by atoms with van der Waals surface area (Å²) in [5.41, 5.74) is 3.37. The lowest BCUT2D eigenvalue weighted by Gasteiger charge is -2.07. The van der Waals surface area contributed by atoms with Gasteiger partial charge in [-0.3, -0.25) is 0 Å². The summed E-state index contributed by atoms with van der Waals surface area (Å²) in [6.45, 7) is 0. The lowest BCUT2D eigenvalue weighted by molar-refractivity contribution is 0.0687. The zero-order chi connectivity index (χ0) is 17.3. The second-order valence-electron chi connectivity index (χ2n) is 5.35. The Morgan fingerprint density at radius 1 is 1.12 bits per heavy atom. The van der Waals surface area contributed by atoms with E-state index < -0.39 is 5.97 Å². The Morgan fingerprint density at radius 2 is 1.75 bits per heavy atom. The van der Waals surface area contributed by atoms with Crippen molar-refractivity contribution in [1.29, 1.82) is 5.26 Å². The second kappa shape index (κ2) is 6.23. The van der Waals surface area contributed by atoms with Crippen molar-refractivity contribution < 1.29 is 9.90 Å². The van der Waals surface area contributed by atoms with Crippen molar-refractivity contribution in [1.82, 2.24) is 4.57 Å². The summed E-state index contributed by atoms with van der Waals surface area (Å²) in [4.78, 5) is 11.5. The van der Waals surface area contributed by atoms with Crippen LogP contribution in [0.25, 0.3) is 22.3 Å². The van der Waals surface area contributed by atoms with Crippen LogP contribution < -0.4 is 0 Å². The van der Waals surface area contributed by atoms with Gasteiger partial charge in [0.15, 0.2) is 0 Å². The van der Waals surface area contributed by atoms with Gasteiger partial charge in [0, 0.05) is 29.4 Å². The summed E-state index contributed by atoms with van der Waals surface area (Å²) in [7, 11) is 1.62. The zero-order valence-corrected chi connectivity index (χ0v) is 13.6. The molecule has 0 fully saturated rings. The van der Waals surface area contributed by atoms with Gasteiger partial charge >= 0.3 is 5.97 Å². The van der Waals surface area contributed by atoms with Crippen LogP contribution in [0.2, 0.25) is 5.02 Å². The van der Waals surface area contributed by atoms with E-state index >= 15 is 0 Å². The Morgan fingerprint density at radius 3 is 2.33 bits per heavy atom. The van der Waals surface area contributed by atoms with Crippen LogP contribution in [0.5, 0.6) is 0 Å². The molecule has 0 spiro atoms. The topological polar surface area (TPSA) is 66.0 Å². The maximum atomic E-state index is 11.5. The highest BCUT2D eigenvalue weighted by molar-refractivity contribution is 6.33. The molecule has 5 heteroatoms. The van der Waals surface area contributed by atoms with Gasteiger partial charge in [-0.05, 0) is 17.2 Å². The summed E-state index contributed by atoms with van der Waals surface area (Å²) in [5, 5.41) is 19.4. The van der Waals surface area contributed by atoms with Gasteiger partial charge in [-0.15, -0.1) is 0 Å². The molecule has 1 aromatic heterocycles. The lowest BCUT2D eigenvalue weighted by Crippen LogP contribution is -2.05. The van der Waals surface area contributed by atoms with Crippen molar-refractivity contribution in [2.75, 3.05) is 0 Å². The molecule has 0 bridgehead atoms. The van der Waals surface area contributed by atoms with E-state index in [2.05, 4.69) is 6.07 Å². The number of aryl methyl sites for hydroxylation is 1. The number of benzene rings is 2. The van der Waals surface area contributed by atoms with E-state index in [4.69, 9.17) is 11.6 Å². The van der Waals surface area contributed by atoms with Crippen molar-refractivity contribution in [3.63, 3.8) is 0 Å². The normalized spacial score (nSPS) is 10.4. The molecule has 0 saturated heterocycles. The van der Waals surface area contributed by atoms with Crippen molar-refractivity contribution in [3.05, 3.63) is 71.0 Å². The lowest BCUT2D eigenvalue weighted by atomic mass is 9.98. The average molecular weight is 337 g/mol. The van der Waals surface area contributed by atoms with Crippen LogP contribution in [-0.4, -0.2) is 15.6 Å². The Hall–Kier alpha value is -3.03. The van der Waals surface area contributed by atoms with Gasteiger partial charge in [0.25, 0.3) is 0 Å². The van der Waals surface area contributed by atoms with Crippen molar-refractivity contribution in [2.45, 2.75) is 0 Å². The first-order valence-corrected chi connectivity index (χ1v) is 7.58. The fourth-order valence-electron chi connectivity index (χ4n) is 2.77. The molecule has 0 radical (unpaired) electrons. The summed E-state index contributed by atoms with van der Waals surface area (Å²) < 4.78 is 1.46. The van der Waals surface area contributed by atoms with E-state index in [-0.39, 0.29) is 5.69 Å². The number of rotatable bonds is 3. The van der Waals surface area contributed by atoms with E-state index in [1.807, 2.05) is 36.4 Å². The molecule has 1 heterocycles. The largest absolute Gasteiger partial charge is 0.477 e. The highest BCUT2D eigenvalue weighted by Crippen LogP contribution is 2.33. The number of carboxylic acid groups (broad SMARTS) is 1. The first-order valence-electron chi connectivity index (χ1n) is 7.21. The van der Waals surface area contributed by atoms with E-state index in [9.17, 15) is 15.2 Å². The van der Waals surface area contributed by atoms with Gasteiger partial charge < -0.3 is 9.67 Å². The monoisotopic (exact) mass is 336 g/mol. The Labute approximate surface area is 144 Å². The summed E-state index contributed by atoms with van der Waals surface area (Å²) in [6, 6.07) is 16.9. The standard InChI is InChI=1S/C19H13ClN2O2/c1-22-11-14(10-21)17(18(22)19(23)24)13-8-6-12(7-9-13)15-4-2-3-5-16(15)20/h2-9,11H,1H3,(H,23,24). The predicted molar refractivity (Wildman–Crippen MR) is 93.0 cm³/mol. The quantitative estimate of drug-likeness (QED) is 0.761. The van der Waals surface area contributed by atoms with Gasteiger partial charge in [0.05, 0.1) is 5.56 Å². The van der Waals surface area contributed by atoms with E-state index in [1.54, 1.807) is 19.2 Å². The minimum atomic E-state index is -1.07. The number of halogens is 1. The van der Waals surface area contributed by atoms with Crippen LogP contribution in [0, 0.1) is 11.3 Å². The Kier molecular flexibility index (Phi) is 4.11. The molecule has 0 atom stereocenters. The average Bonchev–Trinajstić information content (AvgIpc) is 2.92. The van der Waals surface area contributed by atoms with Gasteiger partial charge in [-0.25, -0.2) is 4.79 Å². The first kappa shape index (κ1) is 15.9. The minimum absolute atomic E-state index is 0.0945. The number of hydrogen-bond donors (Lipinski definition) is 1. The van der Waals surface area contributed by atoms with Gasteiger partial charge in [-0.2, -0.15) is 5.26 Å². The van der Waals surface area contributed by atoms with E-state index in [1.165, 1.54) is 10.8 Å². The molecule has 0 saturated carbocycles. The number of hydrogen-bond acceptors (Lipinski definition) is 2. The number of aromatic carboxylic acids is 1. The summed E-state index contributed by atoms with van der Waals surface area (Å²) >= 11 is 6.21. The SMILES string of the molecule is Cn1cc(C#N)c(-c2ccc(-c3ccccc3Cl)cc2)c1C(=O)O. The molecule has 0 aliphatic heterocycles. The fourth-order valence-corrected chi connectivity index (χ4v) is 3.02. The molecule has 0 aliphatic rings. The molecule has 24 heavy (non-hydrogen) atoms. The fraction of sp³-hybridized carbons (Fsp3) is 0.0526. The molecule has 3 aromatic rings. The molecular weight excluding hydrogens is 324 g/mol. The van der Waals surface area contributed by atoms with Crippen molar-refractivity contribution in [2.24, 2.45) is 7.05 Å². The van der Waals surface area contributed by atoms with Crippen LogP contribution in [0.4, 0.5) is 0 Å². The van der Waals surface area contributed by atoms with E-state index in [0.29, 0.717) is 21.7 Å². The predicted octanol–water partition coefficient (Wildman–Crippen LogP) is 4.58. The molecule has 3 rings (SSSR count). The van der Waals surface area contributed by atoms with Crippen LogP contribution in [0.3, 0.4) is 0 Å². The Balaban J connectivity index is 2.12. The van der Waals surface area contributed by atoms with Crippen LogP contribution in [-0.2, 0) is 7.05 Å². The van der Waals surface area contributed by atoms with Crippen molar-refractivity contribution >= 4 is 17.6 Å². The molecule has 0 unspecified atom stereocenters. The molecule has 0 aliphatic carbocycles. The van der Waals surface area contributed by atoms with Gasteiger partial charge in [0.2, 0.25) is 0 Å². The Bertz CT molecular complexity index is 966. The summed E-state index contributed by atoms with van der Waals surface area (Å²) in [5.74, 6) is -1.07. The maximum absolute atomic E-state index is 11.5. The van der Waals surface area contributed by atoms with Gasteiger partial charge in [0.1, 0.15) is 11.8 Å². The van der Waals surface area contributed by atoms with Crippen molar-refractivity contribution in [3.8, 4) is 28.3 Å². The van der Waals surface area contributed by atoms with Crippen LogP contribution >= 0.6 is 11.6 Å². The van der Waals surface area contributed by atoms with E-state index in [0.717, 1.165) is 11.1 Å². The smallest absolute Gasteiger partial charge is 0.353 e. The molecule has 1 N–H and O–H groups in total. The second-order valence-corrected chi connectivity index (χ2v) is 5.76. The number of nitrogens with zero attached hydrogens (tertiary/aromatic N) is 2. The van der Waals surface area contributed by atoms with Crippen LogP contribution in [0.1, 0.15) is 16.1 Å². The third-order valence-corrected chi connectivity index (χ3v) is 4.19. The number of aromatic nitrogens is 1. The third-order valence-electron chi connectivity index (χ3n) is 3.86. The molecular formula is C19H13ClN2O2. The number of carboxylic acids is 1. The zero-order valence-electron chi connectivity index (χ0n) is 12.8. The maximum Gasteiger partial charge on any atom is 0.353 e. The highest BCUT2D eigenvalue weighted by Gasteiger charge is 2.21. The van der Waals surface area contributed by atoms with Gasteiger partial charge in [-0.1, -0.05) is 54.1 Å². The number of nitriles is 1. The number of carbonyl (C=O) groups is 1. The first-order chi connectivity index (χ1) is 11.5. The molecule has 4 nitrogen and oxygen atoms in total. The van der Waals surface area contributed by atoms with Crippen LogP contribution in [0.15, 0.2) is 54.7 Å². The third kappa shape index (κ3) is 2.66. The molecule has 0 amide bonds.